The molecule has 0 aliphatic carbocycles. The normalized spacial score (nSPS) is 18.5. The van der Waals surface area contributed by atoms with Crippen molar-refractivity contribution < 1.29 is 9.90 Å². The molecule has 2 heterocycles. The van der Waals surface area contributed by atoms with Crippen LogP contribution in [0.4, 0.5) is 0 Å². The van der Waals surface area contributed by atoms with Crippen molar-refractivity contribution in [3.05, 3.63) is 23.0 Å². The zero-order valence-corrected chi connectivity index (χ0v) is 8.90. The van der Waals surface area contributed by atoms with Gasteiger partial charge in [-0.3, -0.25) is 4.79 Å². The highest BCUT2D eigenvalue weighted by atomic mass is 35.5. The molecule has 6 heteroatoms. The average Bonchev–Trinajstić information content (AvgIpc) is 2.14. The van der Waals surface area contributed by atoms with Crippen molar-refractivity contribution >= 4 is 17.5 Å². The van der Waals surface area contributed by atoms with Crippen LogP contribution in [0.15, 0.2) is 12.1 Å². The predicted molar refractivity (Wildman–Crippen MR) is 53.6 cm³/mol. The molecule has 0 radical (unpaired) electrons. The molecular weight excluding hydrogens is 218 g/mol. The third kappa shape index (κ3) is 2.08. The molecule has 0 saturated carbocycles. The van der Waals surface area contributed by atoms with E-state index in [1.807, 2.05) is 0 Å². The number of aromatic nitrogens is 2. The number of hydrogen-bond donors (Lipinski definition) is 1. The summed E-state index contributed by atoms with van der Waals surface area (Å²) >= 11 is 5.55. The van der Waals surface area contributed by atoms with Gasteiger partial charge in [0.25, 0.3) is 5.91 Å². The van der Waals surface area contributed by atoms with E-state index >= 15 is 0 Å². The van der Waals surface area contributed by atoms with E-state index in [0.717, 1.165) is 0 Å². The molecule has 1 aliphatic rings. The summed E-state index contributed by atoms with van der Waals surface area (Å²) in [5, 5.41) is 17.0. The van der Waals surface area contributed by atoms with Crippen LogP contribution in [0, 0.1) is 0 Å². The quantitative estimate of drug-likeness (QED) is 0.751. The van der Waals surface area contributed by atoms with E-state index in [9.17, 15) is 9.90 Å². The van der Waals surface area contributed by atoms with Crippen LogP contribution < -0.4 is 0 Å². The second kappa shape index (κ2) is 3.43. The molecule has 0 spiro atoms. The van der Waals surface area contributed by atoms with Gasteiger partial charge >= 0.3 is 0 Å². The Bertz CT molecular complexity index is 383. The van der Waals surface area contributed by atoms with Crippen molar-refractivity contribution in [3.8, 4) is 0 Å². The second-order valence-electron chi connectivity index (χ2n) is 3.90. The number of carbonyl (C=O) groups is 1. The van der Waals surface area contributed by atoms with Crippen molar-refractivity contribution in [1.82, 2.24) is 15.1 Å². The first-order chi connectivity index (χ1) is 6.98. The Kier molecular flexibility index (Phi) is 2.36. The highest BCUT2D eigenvalue weighted by Gasteiger charge is 2.40. The van der Waals surface area contributed by atoms with Gasteiger partial charge in [-0.2, -0.15) is 0 Å². The number of halogens is 1. The minimum Gasteiger partial charge on any atom is -0.386 e. The summed E-state index contributed by atoms with van der Waals surface area (Å²) < 4.78 is 0. The Hall–Kier alpha value is -1.20. The molecule has 1 fully saturated rings. The van der Waals surface area contributed by atoms with Crippen molar-refractivity contribution in [2.45, 2.75) is 12.5 Å². The minimum absolute atomic E-state index is 0.231. The molecule has 2 rings (SSSR count). The van der Waals surface area contributed by atoms with Crippen molar-refractivity contribution in [1.29, 1.82) is 0 Å². The first-order valence-corrected chi connectivity index (χ1v) is 4.87. The van der Waals surface area contributed by atoms with Gasteiger partial charge < -0.3 is 10.0 Å². The zero-order chi connectivity index (χ0) is 11.1. The van der Waals surface area contributed by atoms with E-state index in [1.54, 1.807) is 6.92 Å². The van der Waals surface area contributed by atoms with Gasteiger partial charge in [-0.15, -0.1) is 10.2 Å². The summed E-state index contributed by atoms with van der Waals surface area (Å²) in [6, 6.07) is 3.03. The van der Waals surface area contributed by atoms with Gasteiger partial charge in [0.05, 0.1) is 18.7 Å². The summed E-state index contributed by atoms with van der Waals surface area (Å²) in [5.74, 6) is -0.231. The summed E-state index contributed by atoms with van der Waals surface area (Å²) in [6.45, 7) is 2.34. The topological polar surface area (TPSA) is 66.3 Å². The van der Waals surface area contributed by atoms with E-state index in [4.69, 9.17) is 11.6 Å². The number of aliphatic hydroxyl groups is 1. The highest BCUT2D eigenvalue weighted by Crippen LogP contribution is 2.21. The lowest BCUT2D eigenvalue weighted by atomic mass is 9.96. The monoisotopic (exact) mass is 227 g/mol. The molecule has 5 nitrogen and oxygen atoms in total. The molecule has 15 heavy (non-hydrogen) atoms. The lowest BCUT2D eigenvalue weighted by Crippen LogP contribution is -2.61. The molecule has 0 bridgehead atoms. The van der Waals surface area contributed by atoms with Gasteiger partial charge in [0.1, 0.15) is 0 Å². The van der Waals surface area contributed by atoms with E-state index in [-0.39, 0.29) is 16.8 Å². The molecule has 1 amide bonds. The molecule has 1 N–H and O–H groups in total. The fourth-order valence-electron chi connectivity index (χ4n) is 1.51. The Labute approximate surface area is 91.7 Å². The molecule has 0 aromatic carbocycles. The number of likely N-dealkylation sites (tertiary alicyclic amines) is 1. The lowest BCUT2D eigenvalue weighted by Gasteiger charge is -2.43. The van der Waals surface area contributed by atoms with Crippen molar-refractivity contribution in [2.24, 2.45) is 0 Å². The van der Waals surface area contributed by atoms with Crippen LogP contribution in [0.1, 0.15) is 17.4 Å². The van der Waals surface area contributed by atoms with Gasteiger partial charge in [0, 0.05) is 0 Å². The number of rotatable bonds is 1. The Morgan fingerprint density at radius 1 is 1.53 bits per heavy atom. The summed E-state index contributed by atoms with van der Waals surface area (Å²) in [7, 11) is 0. The van der Waals surface area contributed by atoms with E-state index in [1.165, 1.54) is 17.0 Å². The van der Waals surface area contributed by atoms with Crippen LogP contribution >= 0.6 is 11.6 Å². The smallest absolute Gasteiger partial charge is 0.274 e. The molecule has 0 atom stereocenters. The predicted octanol–water partition coefficient (Wildman–Crippen LogP) is 0.337. The van der Waals surface area contributed by atoms with E-state index in [0.29, 0.717) is 13.1 Å². The number of hydrogen-bond acceptors (Lipinski definition) is 4. The zero-order valence-electron chi connectivity index (χ0n) is 8.14. The van der Waals surface area contributed by atoms with Crippen molar-refractivity contribution in [3.63, 3.8) is 0 Å². The van der Waals surface area contributed by atoms with Gasteiger partial charge in [0.2, 0.25) is 0 Å². The van der Waals surface area contributed by atoms with Gasteiger partial charge in [-0.05, 0) is 19.1 Å². The molecule has 80 valence electrons. The fraction of sp³-hybridized carbons (Fsp3) is 0.444. The van der Waals surface area contributed by atoms with Gasteiger partial charge in [-0.1, -0.05) is 11.6 Å². The van der Waals surface area contributed by atoms with Gasteiger partial charge in [-0.25, -0.2) is 0 Å². The number of nitrogens with zero attached hydrogens (tertiary/aromatic N) is 3. The van der Waals surface area contributed by atoms with Gasteiger partial charge in [0.15, 0.2) is 10.8 Å². The average molecular weight is 228 g/mol. The molecule has 0 unspecified atom stereocenters. The van der Waals surface area contributed by atoms with Crippen LogP contribution in [0.25, 0.3) is 0 Å². The first kappa shape index (κ1) is 10.3. The maximum Gasteiger partial charge on any atom is 0.274 e. The Morgan fingerprint density at radius 3 is 2.67 bits per heavy atom. The number of β-amino-alcohol motifs (C(OH)–C–C–N with tert-alkyl or cyclic N) is 1. The summed E-state index contributed by atoms with van der Waals surface area (Å²) in [6.07, 6.45) is 0. The second-order valence-corrected chi connectivity index (χ2v) is 4.29. The molecule has 1 aliphatic heterocycles. The van der Waals surface area contributed by atoms with Crippen LogP contribution in [-0.4, -0.2) is 44.8 Å². The van der Waals surface area contributed by atoms with Crippen LogP contribution in [0.5, 0.6) is 0 Å². The maximum atomic E-state index is 11.7. The Morgan fingerprint density at radius 2 is 2.20 bits per heavy atom. The lowest BCUT2D eigenvalue weighted by molar-refractivity contribution is -0.0671. The van der Waals surface area contributed by atoms with E-state index < -0.39 is 5.60 Å². The van der Waals surface area contributed by atoms with Crippen LogP contribution in [0.3, 0.4) is 0 Å². The van der Waals surface area contributed by atoms with Crippen LogP contribution in [0.2, 0.25) is 5.15 Å². The molecule has 1 aromatic rings. The van der Waals surface area contributed by atoms with E-state index in [2.05, 4.69) is 10.2 Å². The SMILES string of the molecule is CC1(O)CN(C(=O)c2ccc(Cl)nn2)C1. The highest BCUT2D eigenvalue weighted by molar-refractivity contribution is 6.29. The summed E-state index contributed by atoms with van der Waals surface area (Å²) in [5.41, 5.74) is -0.523. The standard InChI is InChI=1S/C9H10ClN3O2/c1-9(15)4-13(5-9)8(14)6-2-3-7(10)12-11-6/h2-3,15H,4-5H2,1H3. The largest absolute Gasteiger partial charge is 0.386 e. The third-order valence-corrected chi connectivity index (χ3v) is 2.40. The summed E-state index contributed by atoms with van der Waals surface area (Å²) in [4.78, 5) is 13.2. The fourth-order valence-corrected chi connectivity index (χ4v) is 1.61. The molecule has 1 saturated heterocycles. The van der Waals surface area contributed by atoms with Crippen molar-refractivity contribution in [2.75, 3.05) is 13.1 Å². The molecular formula is C9H10ClN3O2. The first-order valence-electron chi connectivity index (χ1n) is 4.49. The number of amides is 1. The maximum absolute atomic E-state index is 11.7. The number of carbonyl (C=O) groups excluding carboxylic acids is 1. The molecule has 1 aromatic heterocycles. The third-order valence-electron chi connectivity index (χ3n) is 2.20. The van der Waals surface area contributed by atoms with Crippen LogP contribution in [-0.2, 0) is 0 Å². The Balaban J connectivity index is 2.07. The minimum atomic E-state index is -0.768.